The number of unbranched alkanes of at least 4 members (excludes halogenated alkanes) is 1. The normalized spacial score (nSPS) is 23.2. The molecule has 108 valence electrons. The highest BCUT2D eigenvalue weighted by Gasteiger charge is 2.36. The molecule has 1 saturated carbocycles. The van der Waals surface area contributed by atoms with Crippen molar-refractivity contribution in [2.24, 2.45) is 5.92 Å². The molecule has 1 unspecified atom stereocenters. The molecule has 2 amide bonds. The van der Waals surface area contributed by atoms with Crippen LogP contribution in [0.4, 0.5) is 4.79 Å². The molecular weight excluding hydrogens is 244 g/mol. The lowest BCUT2D eigenvalue weighted by Crippen LogP contribution is -2.49. The summed E-state index contributed by atoms with van der Waals surface area (Å²) in [6.07, 6.45) is 5.80. The van der Waals surface area contributed by atoms with E-state index in [-0.39, 0.29) is 11.9 Å². The van der Waals surface area contributed by atoms with E-state index >= 15 is 0 Å². The van der Waals surface area contributed by atoms with Crippen molar-refractivity contribution in [3.8, 4) is 0 Å². The monoisotopic (exact) mass is 268 g/mol. The standard InChI is InChI=1S/C14H24N2O3/c1-2-3-9-16(12-6-7-12)14(19)15-8-4-5-11(10-15)13(17)18/h11-12H,2-10H2,1H3,(H,17,18). The van der Waals surface area contributed by atoms with Gasteiger partial charge in [0.2, 0.25) is 0 Å². The van der Waals surface area contributed by atoms with Gasteiger partial charge in [-0.25, -0.2) is 4.79 Å². The molecular formula is C14H24N2O3. The number of rotatable bonds is 5. The number of nitrogens with zero attached hydrogens (tertiary/aromatic N) is 2. The van der Waals surface area contributed by atoms with E-state index in [4.69, 9.17) is 5.11 Å². The van der Waals surface area contributed by atoms with E-state index in [1.165, 1.54) is 0 Å². The van der Waals surface area contributed by atoms with Gasteiger partial charge in [0.15, 0.2) is 0 Å². The van der Waals surface area contributed by atoms with Crippen molar-refractivity contribution >= 4 is 12.0 Å². The first-order chi connectivity index (χ1) is 9.13. The molecule has 0 aromatic carbocycles. The van der Waals surface area contributed by atoms with Crippen LogP contribution in [0.5, 0.6) is 0 Å². The number of likely N-dealkylation sites (tertiary alicyclic amines) is 1. The number of carbonyl (C=O) groups is 2. The number of aliphatic carboxylic acids is 1. The van der Waals surface area contributed by atoms with E-state index < -0.39 is 5.97 Å². The smallest absolute Gasteiger partial charge is 0.320 e. The number of carboxylic acid groups (broad SMARTS) is 1. The number of hydrogen-bond acceptors (Lipinski definition) is 2. The summed E-state index contributed by atoms with van der Waals surface area (Å²) in [7, 11) is 0. The van der Waals surface area contributed by atoms with Gasteiger partial charge in [0.1, 0.15) is 0 Å². The Morgan fingerprint density at radius 2 is 2.05 bits per heavy atom. The third-order valence-electron chi connectivity index (χ3n) is 4.03. The van der Waals surface area contributed by atoms with Gasteiger partial charge in [-0.15, -0.1) is 0 Å². The fraction of sp³-hybridized carbons (Fsp3) is 0.857. The average Bonchev–Trinajstić information content (AvgIpc) is 3.23. The first-order valence-corrected chi connectivity index (χ1v) is 7.41. The van der Waals surface area contributed by atoms with Gasteiger partial charge in [0.05, 0.1) is 5.92 Å². The Morgan fingerprint density at radius 3 is 2.63 bits per heavy atom. The summed E-state index contributed by atoms with van der Waals surface area (Å²) in [5.41, 5.74) is 0. The van der Waals surface area contributed by atoms with Gasteiger partial charge in [0.25, 0.3) is 0 Å². The van der Waals surface area contributed by atoms with E-state index in [9.17, 15) is 9.59 Å². The highest BCUT2D eigenvalue weighted by atomic mass is 16.4. The number of hydrogen-bond donors (Lipinski definition) is 1. The highest BCUT2D eigenvalue weighted by Crippen LogP contribution is 2.29. The van der Waals surface area contributed by atoms with Gasteiger partial charge in [-0.3, -0.25) is 4.79 Å². The summed E-state index contributed by atoms with van der Waals surface area (Å²) >= 11 is 0. The van der Waals surface area contributed by atoms with Gasteiger partial charge in [-0.05, 0) is 32.1 Å². The van der Waals surface area contributed by atoms with Gasteiger partial charge >= 0.3 is 12.0 Å². The van der Waals surface area contributed by atoms with Crippen molar-refractivity contribution in [3.63, 3.8) is 0 Å². The predicted molar refractivity (Wildman–Crippen MR) is 72.0 cm³/mol. The van der Waals surface area contributed by atoms with E-state index in [0.29, 0.717) is 25.6 Å². The van der Waals surface area contributed by atoms with Crippen molar-refractivity contribution in [2.45, 2.75) is 51.5 Å². The van der Waals surface area contributed by atoms with Crippen LogP contribution in [0.3, 0.4) is 0 Å². The molecule has 5 nitrogen and oxygen atoms in total. The number of carboxylic acids is 1. The van der Waals surface area contributed by atoms with E-state index in [0.717, 1.165) is 38.6 Å². The second-order valence-electron chi connectivity index (χ2n) is 5.68. The van der Waals surface area contributed by atoms with E-state index in [1.54, 1.807) is 4.90 Å². The summed E-state index contributed by atoms with van der Waals surface area (Å²) in [6, 6.07) is 0.464. The van der Waals surface area contributed by atoms with Crippen molar-refractivity contribution in [3.05, 3.63) is 0 Å². The van der Waals surface area contributed by atoms with E-state index in [1.807, 2.05) is 4.90 Å². The van der Waals surface area contributed by atoms with Crippen LogP contribution in [-0.2, 0) is 4.79 Å². The Kier molecular flexibility index (Phi) is 4.66. The lowest BCUT2D eigenvalue weighted by molar-refractivity contribution is -0.143. The minimum absolute atomic E-state index is 0.0573. The van der Waals surface area contributed by atoms with Crippen LogP contribution in [0.15, 0.2) is 0 Å². The number of carbonyl (C=O) groups excluding carboxylic acids is 1. The van der Waals surface area contributed by atoms with Crippen LogP contribution in [-0.4, -0.2) is 52.6 Å². The first kappa shape index (κ1) is 14.2. The Hall–Kier alpha value is -1.26. The van der Waals surface area contributed by atoms with Crippen LogP contribution in [0.1, 0.15) is 45.4 Å². The lowest BCUT2D eigenvalue weighted by atomic mass is 9.98. The summed E-state index contributed by atoms with van der Waals surface area (Å²) in [5, 5.41) is 9.09. The first-order valence-electron chi connectivity index (χ1n) is 7.41. The largest absolute Gasteiger partial charge is 0.481 e. The minimum Gasteiger partial charge on any atom is -0.481 e. The van der Waals surface area contributed by atoms with Gasteiger partial charge in [0, 0.05) is 25.7 Å². The summed E-state index contributed by atoms with van der Waals surface area (Å²) in [6.45, 7) is 4.02. The maximum atomic E-state index is 12.5. The Labute approximate surface area is 114 Å². The molecule has 2 rings (SSSR count). The van der Waals surface area contributed by atoms with Crippen LogP contribution >= 0.6 is 0 Å². The van der Waals surface area contributed by atoms with Crippen molar-refractivity contribution in [2.75, 3.05) is 19.6 Å². The number of amides is 2. The Morgan fingerprint density at radius 1 is 1.32 bits per heavy atom. The maximum absolute atomic E-state index is 12.5. The SMILES string of the molecule is CCCCN(C(=O)N1CCCC(C(=O)O)C1)C1CC1. The zero-order valence-electron chi connectivity index (χ0n) is 11.7. The molecule has 1 saturated heterocycles. The van der Waals surface area contributed by atoms with E-state index in [2.05, 4.69) is 6.92 Å². The molecule has 1 heterocycles. The van der Waals surface area contributed by atoms with Crippen LogP contribution in [0.2, 0.25) is 0 Å². The van der Waals surface area contributed by atoms with Crippen LogP contribution in [0.25, 0.3) is 0 Å². The minimum atomic E-state index is -0.774. The van der Waals surface area contributed by atoms with Crippen LogP contribution in [0, 0.1) is 5.92 Å². The quantitative estimate of drug-likeness (QED) is 0.831. The molecule has 2 aliphatic rings. The van der Waals surface area contributed by atoms with Crippen molar-refractivity contribution in [1.29, 1.82) is 0 Å². The fourth-order valence-corrected chi connectivity index (χ4v) is 2.68. The molecule has 0 aromatic heterocycles. The molecule has 0 spiro atoms. The van der Waals surface area contributed by atoms with Gasteiger partial charge in [-0.1, -0.05) is 13.3 Å². The topological polar surface area (TPSA) is 60.9 Å². The van der Waals surface area contributed by atoms with Gasteiger partial charge in [-0.2, -0.15) is 0 Å². The van der Waals surface area contributed by atoms with Crippen molar-refractivity contribution < 1.29 is 14.7 Å². The van der Waals surface area contributed by atoms with Crippen molar-refractivity contribution in [1.82, 2.24) is 9.80 Å². The predicted octanol–water partition coefficient (Wildman–Crippen LogP) is 2.17. The maximum Gasteiger partial charge on any atom is 0.320 e. The molecule has 1 aliphatic heterocycles. The second kappa shape index (κ2) is 6.26. The highest BCUT2D eigenvalue weighted by molar-refractivity contribution is 5.77. The zero-order valence-corrected chi connectivity index (χ0v) is 11.7. The molecule has 2 fully saturated rings. The molecule has 1 aliphatic carbocycles. The molecule has 0 radical (unpaired) electrons. The summed E-state index contributed by atoms with van der Waals surface area (Å²) in [4.78, 5) is 27.3. The average molecular weight is 268 g/mol. The Bertz CT molecular complexity index is 342. The molecule has 1 atom stereocenters. The molecule has 5 heteroatoms. The fourth-order valence-electron chi connectivity index (χ4n) is 2.68. The summed E-state index contributed by atoms with van der Waals surface area (Å²) in [5.74, 6) is -1.16. The third kappa shape index (κ3) is 3.61. The molecule has 1 N–H and O–H groups in total. The lowest BCUT2D eigenvalue weighted by Gasteiger charge is -2.35. The third-order valence-corrected chi connectivity index (χ3v) is 4.03. The number of urea groups is 1. The number of piperidine rings is 1. The Balaban J connectivity index is 1.94. The zero-order chi connectivity index (χ0) is 13.8. The van der Waals surface area contributed by atoms with Crippen LogP contribution < -0.4 is 0 Å². The molecule has 19 heavy (non-hydrogen) atoms. The second-order valence-corrected chi connectivity index (χ2v) is 5.68. The summed E-state index contributed by atoms with van der Waals surface area (Å²) < 4.78 is 0. The molecule has 0 aromatic rings. The van der Waals surface area contributed by atoms with Gasteiger partial charge < -0.3 is 14.9 Å². The molecule has 0 bridgehead atoms.